The molecule has 1 aromatic carbocycles. The highest BCUT2D eigenvalue weighted by molar-refractivity contribution is 5.46. The quantitative estimate of drug-likeness (QED) is 0.796. The average molecular weight is 249 g/mol. The summed E-state index contributed by atoms with van der Waals surface area (Å²) < 4.78 is 13.5. The first-order valence-electron chi connectivity index (χ1n) is 6.90. The molecule has 2 unspecified atom stereocenters. The van der Waals surface area contributed by atoms with Gasteiger partial charge in [-0.2, -0.15) is 0 Å². The molecule has 0 bridgehead atoms. The Morgan fingerprint density at radius 3 is 2.67 bits per heavy atom. The van der Waals surface area contributed by atoms with Crippen molar-refractivity contribution in [2.75, 3.05) is 5.32 Å². The van der Waals surface area contributed by atoms with E-state index in [1.807, 2.05) is 12.1 Å². The van der Waals surface area contributed by atoms with Gasteiger partial charge in [-0.25, -0.2) is 4.39 Å². The third-order valence-electron chi connectivity index (χ3n) is 4.22. The van der Waals surface area contributed by atoms with Crippen LogP contribution in [-0.4, -0.2) is 6.04 Å². The molecule has 1 saturated carbocycles. The molecule has 0 saturated heterocycles. The first-order valence-corrected chi connectivity index (χ1v) is 6.90. The fraction of sp³-hybridized carbons (Fsp3) is 0.625. The topological polar surface area (TPSA) is 12.0 Å². The van der Waals surface area contributed by atoms with Crippen molar-refractivity contribution < 1.29 is 4.39 Å². The van der Waals surface area contributed by atoms with Gasteiger partial charge in [-0.1, -0.05) is 26.8 Å². The average Bonchev–Trinajstić information content (AvgIpc) is 2.27. The van der Waals surface area contributed by atoms with E-state index in [0.717, 1.165) is 5.69 Å². The molecule has 1 aliphatic carbocycles. The zero-order chi connectivity index (χ0) is 13.3. The monoisotopic (exact) mass is 249 g/mol. The van der Waals surface area contributed by atoms with Gasteiger partial charge in [0.15, 0.2) is 0 Å². The molecule has 1 nitrogen and oxygen atoms in total. The molecule has 0 aliphatic heterocycles. The number of aryl methyl sites for hydroxylation is 1. The van der Waals surface area contributed by atoms with E-state index in [4.69, 9.17) is 0 Å². The lowest BCUT2D eigenvalue weighted by atomic mass is 9.70. The minimum Gasteiger partial charge on any atom is -0.382 e. The van der Waals surface area contributed by atoms with E-state index in [1.54, 1.807) is 13.0 Å². The SMILES string of the molecule is Cc1ccc(NC2CCC(C)(C)CC2C)cc1F. The highest BCUT2D eigenvalue weighted by atomic mass is 19.1. The molecule has 0 spiro atoms. The van der Waals surface area contributed by atoms with Gasteiger partial charge < -0.3 is 5.32 Å². The van der Waals surface area contributed by atoms with Crippen molar-refractivity contribution >= 4 is 5.69 Å². The van der Waals surface area contributed by atoms with Crippen LogP contribution in [0.5, 0.6) is 0 Å². The predicted molar refractivity (Wildman–Crippen MR) is 75.3 cm³/mol. The van der Waals surface area contributed by atoms with E-state index in [1.165, 1.54) is 19.3 Å². The molecule has 0 amide bonds. The smallest absolute Gasteiger partial charge is 0.128 e. The lowest BCUT2D eigenvalue weighted by Gasteiger charge is -2.40. The van der Waals surface area contributed by atoms with Gasteiger partial charge in [-0.3, -0.25) is 0 Å². The molecule has 1 fully saturated rings. The lowest BCUT2D eigenvalue weighted by Crippen LogP contribution is -2.36. The Morgan fingerprint density at radius 1 is 1.33 bits per heavy atom. The number of halogens is 1. The zero-order valence-corrected chi connectivity index (χ0v) is 11.9. The second-order valence-electron chi connectivity index (χ2n) is 6.60. The standard InChI is InChI=1S/C16H24FN/c1-11-5-6-13(9-14(11)17)18-15-7-8-16(3,4)10-12(15)2/h5-6,9,12,15,18H,7-8,10H2,1-4H3. The fourth-order valence-electron chi connectivity index (χ4n) is 3.06. The minimum atomic E-state index is -0.121. The van der Waals surface area contributed by atoms with Crippen molar-refractivity contribution in [1.82, 2.24) is 0 Å². The number of nitrogens with one attached hydrogen (secondary N) is 1. The fourth-order valence-corrected chi connectivity index (χ4v) is 3.06. The molecule has 2 rings (SSSR count). The van der Waals surface area contributed by atoms with Crippen molar-refractivity contribution in [3.63, 3.8) is 0 Å². The van der Waals surface area contributed by atoms with Gasteiger partial charge in [0, 0.05) is 11.7 Å². The van der Waals surface area contributed by atoms with E-state index in [2.05, 4.69) is 26.1 Å². The number of benzene rings is 1. The molecule has 2 heteroatoms. The third kappa shape index (κ3) is 3.04. The van der Waals surface area contributed by atoms with Crippen LogP contribution in [-0.2, 0) is 0 Å². The van der Waals surface area contributed by atoms with Gasteiger partial charge in [-0.05, 0) is 55.2 Å². The molecular formula is C16H24FN. The first-order chi connectivity index (χ1) is 8.37. The Bertz CT molecular complexity index is 425. The number of hydrogen-bond donors (Lipinski definition) is 1. The van der Waals surface area contributed by atoms with Crippen molar-refractivity contribution in [3.8, 4) is 0 Å². The van der Waals surface area contributed by atoms with Crippen LogP contribution < -0.4 is 5.32 Å². The first kappa shape index (κ1) is 13.4. The maximum Gasteiger partial charge on any atom is 0.128 e. The number of hydrogen-bond acceptors (Lipinski definition) is 1. The molecule has 0 aromatic heterocycles. The Morgan fingerprint density at radius 2 is 2.06 bits per heavy atom. The Kier molecular flexibility index (Phi) is 3.65. The summed E-state index contributed by atoms with van der Waals surface area (Å²) in [5.74, 6) is 0.516. The second-order valence-corrected chi connectivity index (χ2v) is 6.60. The Balaban J connectivity index is 2.03. The van der Waals surface area contributed by atoms with Gasteiger partial charge in [0.05, 0.1) is 0 Å². The van der Waals surface area contributed by atoms with E-state index in [9.17, 15) is 4.39 Å². The van der Waals surface area contributed by atoms with Crippen molar-refractivity contribution in [2.24, 2.45) is 11.3 Å². The van der Waals surface area contributed by atoms with E-state index < -0.39 is 0 Å². The van der Waals surface area contributed by atoms with Gasteiger partial charge in [-0.15, -0.1) is 0 Å². The predicted octanol–water partition coefficient (Wildman–Crippen LogP) is 4.76. The van der Waals surface area contributed by atoms with Crippen LogP contribution >= 0.6 is 0 Å². The van der Waals surface area contributed by atoms with Crippen molar-refractivity contribution in [1.29, 1.82) is 0 Å². The van der Waals surface area contributed by atoms with Crippen LogP contribution in [0.1, 0.15) is 45.6 Å². The van der Waals surface area contributed by atoms with Crippen molar-refractivity contribution in [3.05, 3.63) is 29.6 Å². The summed E-state index contributed by atoms with van der Waals surface area (Å²) in [5, 5.41) is 3.50. The molecular weight excluding hydrogens is 225 g/mol. The number of rotatable bonds is 2. The third-order valence-corrected chi connectivity index (χ3v) is 4.22. The van der Waals surface area contributed by atoms with Crippen LogP contribution in [0.4, 0.5) is 10.1 Å². The lowest BCUT2D eigenvalue weighted by molar-refractivity contribution is 0.177. The molecule has 18 heavy (non-hydrogen) atoms. The minimum absolute atomic E-state index is 0.121. The van der Waals surface area contributed by atoms with E-state index in [-0.39, 0.29) is 5.82 Å². The van der Waals surface area contributed by atoms with Gasteiger partial charge >= 0.3 is 0 Å². The normalized spacial score (nSPS) is 26.9. The highest BCUT2D eigenvalue weighted by Gasteiger charge is 2.32. The summed E-state index contributed by atoms with van der Waals surface area (Å²) in [7, 11) is 0. The zero-order valence-electron chi connectivity index (χ0n) is 11.9. The molecule has 2 atom stereocenters. The number of anilines is 1. The Labute approximate surface area is 110 Å². The summed E-state index contributed by atoms with van der Waals surface area (Å²) in [6.07, 6.45) is 3.64. The second kappa shape index (κ2) is 4.91. The van der Waals surface area contributed by atoms with Crippen molar-refractivity contribution in [2.45, 2.75) is 53.0 Å². The van der Waals surface area contributed by atoms with Crippen LogP contribution in [0.3, 0.4) is 0 Å². The van der Waals surface area contributed by atoms with Crippen LogP contribution in [0.15, 0.2) is 18.2 Å². The summed E-state index contributed by atoms with van der Waals surface area (Å²) in [6.45, 7) is 8.77. The molecule has 0 radical (unpaired) electrons. The van der Waals surface area contributed by atoms with Gasteiger partial charge in [0.25, 0.3) is 0 Å². The van der Waals surface area contributed by atoms with E-state index in [0.29, 0.717) is 22.9 Å². The largest absolute Gasteiger partial charge is 0.382 e. The summed E-state index contributed by atoms with van der Waals surface area (Å²) in [4.78, 5) is 0. The molecule has 0 heterocycles. The van der Waals surface area contributed by atoms with Crippen LogP contribution in [0.2, 0.25) is 0 Å². The molecule has 1 aliphatic rings. The molecule has 1 N–H and O–H groups in total. The molecule has 1 aromatic rings. The van der Waals surface area contributed by atoms with Gasteiger partial charge in [0.1, 0.15) is 5.82 Å². The van der Waals surface area contributed by atoms with Crippen LogP contribution in [0.25, 0.3) is 0 Å². The van der Waals surface area contributed by atoms with Crippen LogP contribution in [0, 0.1) is 24.1 Å². The summed E-state index contributed by atoms with van der Waals surface area (Å²) >= 11 is 0. The summed E-state index contributed by atoms with van der Waals surface area (Å²) in [5.41, 5.74) is 2.07. The molecule has 100 valence electrons. The Hall–Kier alpha value is -1.05. The maximum absolute atomic E-state index is 13.5. The highest BCUT2D eigenvalue weighted by Crippen LogP contribution is 2.39. The summed E-state index contributed by atoms with van der Waals surface area (Å²) in [6, 6.07) is 5.90. The van der Waals surface area contributed by atoms with Gasteiger partial charge in [0.2, 0.25) is 0 Å². The maximum atomic E-state index is 13.5. The van der Waals surface area contributed by atoms with E-state index >= 15 is 0 Å².